The zero-order chi connectivity index (χ0) is 18.3. The van der Waals surface area contributed by atoms with Crippen LogP contribution in [0, 0.1) is 24.0 Å². The number of nitrogens with two attached hydrogens (primary N) is 1. The number of aromatic nitrogens is 1. The van der Waals surface area contributed by atoms with Crippen molar-refractivity contribution in [3.8, 4) is 11.5 Å². The minimum Gasteiger partial charge on any atom is -0.457 e. The van der Waals surface area contributed by atoms with E-state index in [1.54, 1.807) is 4.68 Å². The smallest absolute Gasteiger partial charge is 0.270 e. The molecule has 0 aliphatic rings. The number of nitro groups is 1. The van der Waals surface area contributed by atoms with Crippen LogP contribution in [0.2, 0.25) is 0 Å². The summed E-state index contributed by atoms with van der Waals surface area (Å²) >= 11 is 0. The van der Waals surface area contributed by atoms with E-state index in [-0.39, 0.29) is 5.69 Å². The number of hydrogen-bond acceptors (Lipinski definition) is 4. The van der Waals surface area contributed by atoms with Crippen molar-refractivity contribution >= 4 is 16.6 Å². The summed E-state index contributed by atoms with van der Waals surface area (Å²) in [5, 5.41) is 12.0. The molecule has 6 nitrogen and oxygen atoms in total. The Kier molecular flexibility index (Phi) is 4.12. The van der Waals surface area contributed by atoms with Gasteiger partial charge in [0.1, 0.15) is 11.5 Å². The molecule has 0 aliphatic carbocycles. The normalized spacial score (nSPS) is 11.2. The standard InChI is InChI=1S/C19H21N3O3/c1-11(2)17-10-21(20)18-6-5-15(9-16(17)18)25-19-12(3)7-14(22(23)24)8-13(19)4/h5-11H,20H2,1-4H3. The van der Waals surface area contributed by atoms with Gasteiger partial charge in [-0.1, -0.05) is 13.8 Å². The molecule has 1 heterocycles. The first-order valence-corrected chi connectivity index (χ1v) is 8.11. The van der Waals surface area contributed by atoms with Gasteiger partial charge in [-0.15, -0.1) is 0 Å². The van der Waals surface area contributed by atoms with E-state index >= 15 is 0 Å². The van der Waals surface area contributed by atoms with Gasteiger partial charge in [-0.05, 0) is 54.7 Å². The molecule has 0 aliphatic heterocycles. The van der Waals surface area contributed by atoms with Crippen molar-refractivity contribution in [1.29, 1.82) is 0 Å². The third-order valence-corrected chi connectivity index (χ3v) is 4.33. The van der Waals surface area contributed by atoms with Gasteiger partial charge in [0.25, 0.3) is 5.69 Å². The Balaban J connectivity index is 2.04. The van der Waals surface area contributed by atoms with Gasteiger partial charge < -0.3 is 10.6 Å². The van der Waals surface area contributed by atoms with Gasteiger partial charge in [-0.25, -0.2) is 0 Å². The molecule has 3 aromatic rings. The van der Waals surface area contributed by atoms with Gasteiger partial charge in [-0.3, -0.25) is 14.8 Å². The largest absolute Gasteiger partial charge is 0.457 e. The predicted octanol–water partition coefficient (Wildman–Crippen LogP) is 4.80. The maximum absolute atomic E-state index is 11.0. The first-order valence-electron chi connectivity index (χ1n) is 8.11. The molecule has 1 aromatic heterocycles. The Morgan fingerprint density at radius 3 is 2.36 bits per heavy atom. The fraction of sp³-hybridized carbons (Fsp3) is 0.263. The maximum atomic E-state index is 11.0. The van der Waals surface area contributed by atoms with Crippen LogP contribution in [0.5, 0.6) is 11.5 Å². The van der Waals surface area contributed by atoms with E-state index < -0.39 is 4.92 Å². The third-order valence-electron chi connectivity index (χ3n) is 4.33. The zero-order valence-corrected chi connectivity index (χ0v) is 14.7. The molecule has 0 amide bonds. The first kappa shape index (κ1) is 16.8. The highest BCUT2D eigenvalue weighted by Gasteiger charge is 2.15. The van der Waals surface area contributed by atoms with Crippen molar-refractivity contribution in [2.45, 2.75) is 33.6 Å². The van der Waals surface area contributed by atoms with Crippen molar-refractivity contribution in [2.75, 3.05) is 5.84 Å². The minimum atomic E-state index is -0.394. The van der Waals surface area contributed by atoms with Crippen LogP contribution in [-0.4, -0.2) is 9.60 Å². The molecule has 0 atom stereocenters. The minimum absolute atomic E-state index is 0.0695. The molecule has 25 heavy (non-hydrogen) atoms. The van der Waals surface area contributed by atoms with Crippen LogP contribution in [0.1, 0.15) is 36.5 Å². The number of aryl methyl sites for hydroxylation is 2. The fourth-order valence-corrected chi connectivity index (χ4v) is 3.10. The molecule has 0 spiro atoms. The van der Waals surface area contributed by atoms with Crippen LogP contribution >= 0.6 is 0 Å². The Morgan fingerprint density at radius 2 is 1.80 bits per heavy atom. The molecule has 0 unspecified atom stereocenters. The van der Waals surface area contributed by atoms with Crippen LogP contribution in [0.3, 0.4) is 0 Å². The molecule has 0 bridgehead atoms. The highest BCUT2D eigenvalue weighted by atomic mass is 16.6. The fourth-order valence-electron chi connectivity index (χ4n) is 3.10. The van der Waals surface area contributed by atoms with Gasteiger partial charge >= 0.3 is 0 Å². The van der Waals surface area contributed by atoms with Gasteiger partial charge in [0.05, 0.1) is 10.4 Å². The summed E-state index contributed by atoms with van der Waals surface area (Å²) < 4.78 is 7.68. The first-order chi connectivity index (χ1) is 11.8. The summed E-state index contributed by atoms with van der Waals surface area (Å²) in [6.45, 7) is 7.85. The molecular weight excluding hydrogens is 318 g/mol. The average molecular weight is 339 g/mol. The lowest BCUT2D eigenvalue weighted by atomic mass is 10.0. The molecule has 6 heteroatoms. The van der Waals surface area contributed by atoms with E-state index in [4.69, 9.17) is 10.6 Å². The molecule has 0 saturated carbocycles. The van der Waals surface area contributed by atoms with Crippen molar-refractivity contribution < 1.29 is 9.66 Å². The number of nitrogen functional groups attached to an aromatic ring is 1. The topological polar surface area (TPSA) is 83.3 Å². The average Bonchev–Trinajstić information content (AvgIpc) is 2.87. The second kappa shape index (κ2) is 6.12. The van der Waals surface area contributed by atoms with Gasteiger partial charge in [0.2, 0.25) is 0 Å². The number of nitro benzene ring substituents is 1. The van der Waals surface area contributed by atoms with Gasteiger partial charge in [0, 0.05) is 23.7 Å². The van der Waals surface area contributed by atoms with E-state index in [9.17, 15) is 10.1 Å². The molecule has 0 radical (unpaired) electrons. The van der Waals surface area contributed by atoms with Gasteiger partial charge in [-0.2, -0.15) is 0 Å². The lowest BCUT2D eigenvalue weighted by Crippen LogP contribution is -2.05. The maximum Gasteiger partial charge on any atom is 0.270 e. The second-order valence-corrected chi connectivity index (χ2v) is 6.59. The number of hydrogen-bond donors (Lipinski definition) is 1. The highest BCUT2D eigenvalue weighted by molar-refractivity contribution is 5.86. The van der Waals surface area contributed by atoms with Crippen LogP contribution in [-0.2, 0) is 0 Å². The van der Waals surface area contributed by atoms with E-state index in [1.165, 1.54) is 12.1 Å². The summed E-state index contributed by atoms with van der Waals surface area (Å²) in [4.78, 5) is 10.6. The van der Waals surface area contributed by atoms with Crippen LogP contribution in [0.15, 0.2) is 36.5 Å². The summed E-state index contributed by atoms with van der Waals surface area (Å²) in [6.07, 6.45) is 1.93. The number of fused-ring (bicyclic) bond motifs is 1. The molecule has 2 aromatic carbocycles. The Morgan fingerprint density at radius 1 is 1.16 bits per heavy atom. The third kappa shape index (κ3) is 3.03. The van der Waals surface area contributed by atoms with Crippen molar-refractivity contribution in [3.63, 3.8) is 0 Å². The number of ether oxygens (including phenoxy) is 1. The van der Waals surface area contributed by atoms with Gasteiger partial charge in [0.15, 0.2) is 0 Å². The molecule has 130 valence electrons. The molecule has 2 N–H and O–H groups in total. The van der Waals surface area contributed by atoms with Crippen molar-refractivity contribution in [1.82, 2.24) is 4.68 Å². The van der Waals surface area contributed by atoms with E-state index in [1.807, 2.05) is 38.2 Å². The highest BCUT2D eigenvalue weighted by Crippen LogP contribution is 2.35. The van der Waals surface area contributed by atoms with E-state index in [0.29, 0.717) is 17.4 Å². The van der Waals surface area contributed by atoms with Crippen molar-refractivity contribution in [2.24, 2.45) is 0 Å². The Labute approximate surface area is 145 Å². The SMILES string of the molecule is Cc1cc([N+](=O)[O-])cc(C)c1Oc1ccc2c(c1)c(C(C)C)cn2N. The summed E-state index contributed by atoms with van der Waals surface area (Å²) in [6, 6.07) is 8.80. The molecule has 3 rings (SSSR count). The molecular formula is C19H21N3O3. The Hall–Kier alpha value is -3.02. The van der Waals surface area contributed by atoms with Crippen LogP contribution in [0.25, 0.3) is 10.9 Å². The number of non-ortho nitro benzene ring substituents is 1. The van der Waals surface area contributed by atoms with E-state index in [0.717, 1.165) is 27.6 Å². The zero-order valence-electron chi connectivity index (χ0n) is 14.7. The van der Waals surface area contributed by atoms with Crippen molar-refractivity contribution in [3.05, 3.63) is 63.3 Å². The quantitative estimate of drug-likeness (QED) is 0.420. The summed E-state index contributed by atoms with van der Waals surface area (Å²) in [5.74, 6) is 7.68. The monoisotopic (exact) mass is 339 g/mol. The summed E-state index contributed by atoms with van der Waals surface area (Å²) in [7, 11) is 0. The van der Waals surface area contributed by atoms with Crippen LogP contribution < -0.4 is 10.6 Å². The number of rotatable bonds is 4. The molecule has 0 fully saturated rings. The number of nitrogens with zero attached hydrogens (tertiary/aromatic N) is 2. The predicted molar refractivity (Wildman–Crippen MR) is 98.8 cm³/mol. The number of benzene rings is 2. The lowest BCUT2D eigenvalue weighted by Gasteiger charge is -2.12. The van der Waals surface area contributed by atoms with E-state index in [2.05, 4.69) is 13.8 Å². The second-order valence-electron chi connectivity index (χ2n) is 6.59. The lowest BCUT2D eigenvalue weighted by molar-refractivity contribution is -0.385. The Bertz CT molecular complexity index is 950. The van der Waals surface area contributed by atoms with Crippen LogP contribution in [0.4, 0.5) is 5.69 Å². The summed E-state index contributed by atoms with van der Waals surface area (Å²) in [5.41, 5.74) is 3.62. The molecule has 0 saturated heterocycles.